The first-order chi connectivity index (χ1) is 11.2. The van der Waals surface area contributed by atoms with Gasteiger partial charge in [-0.25, -0.2) is 9.50 Å². The lowest BCUT2D eigenvalue weighted by atomic mass is 9.99. The summed E-state index contributed by atoms with van der Waals surface area (Å²) in [4.78, 5) is 7.10. The van der Waals surface area contributed by atoms with Crippen molar-refractivity contribution >= 4 is 34.0 Å². The lowest BCUT2D eigenvalue weighted by Crippen LogP contribution is -2.37. The van der Waals surface area contributed by atoms with E-state index in [9.17, 15) is 5.11 Å². The molecule has 5 nitrogen and oxygen atoms in total. The molecule has 0 bridgehead atoms. The molecule has 6 heteroatoms. The number of para-hydroxylation sites is 1. The molecular formula is C17H19ClN4O. The molecule has 1 aliphatic heterocycles. The van der Waals surface area contributed by atoms with E-state index in [0.29, 0.717) is 16.6 Å². The molecule has 120 valence electrons. The van der Waals surface area contributed by atoms with Crippen molar-refractivity contribution in [3.63, 3.8) is 0 Å². The number of anilines is 1. The molecule has 1 fully saturated rings. The number of piperidine rings is 1. The summed E-state index contributed by atoms with van der Waals surface area (Å²) >= 11 is 6.40. The normalized spacial score (nSPS) is 18.9. The summed E-state index contributed by atoms with van der Waals surface area (Å²) in [6.07, 6.45) is 2.14. The number of rotatable bonds is 2. The Morgan fingerprint density at radius 3 is 3.00 bits per heavy atom. The van der Waals surface area contributed by atoms with Crippen LogP contribution in [0, 0.1) is 12.8 Å². The van der Waals surface area contributed by atoms with E-state index in [1.807, 2.05) is 29.6 Å². The average molecular weight is 331 g/mol. The van der Waals surface area contributed by atoms with Gasteiger partial charge in [0.25, 0.3) is 0 Å². The third-order valence-electron chi connectivity index (χ3n) is 4.63. The fraction of sp³-hybridized carbons (Fsp3) is 0.412. The van der Waals surface area contributed by atoms with E-state index in [-0.39, 0.29) is 6.61 Å². The summed E-state index contributed by atoms with van der Waals surface area (Å²) in [6, 6.07) is 8.14. The number of fused-ring (bicyclic) bond motifs is 3. The fourth-order valence-electron chi connectivity index (χ4n) is 3.42. The van der Waals surface area contributed by atoms with Gasteiger partial charge in [0.2, 0.25) is 0 Å². The Kier molecular flexibility index (Phi) is 3.62. The van der Waals surface area contributed by atoms with E-state index >= 15 is 0 Å². The minimum Gasteiger partial charge on any atom is -0.396 e. The molecule has 2 aromatic heterocycles. The molecule has 23 heavy (non-hydrogen) atoms. The number of halogens is 1. The molecule has 3 aromatic rings. The van der Waals surface area contributed by atoms with Crippen LogP contribution in [0.15, 0.2) is 24.3 Å². The number of nitrogens with zero attached hydrogens (tertiary/aromatic N) is 4. The van der Waals surface area contributed by atoms with Crippen LogP contribution in [0.4, 0.5) is 5.82 Å². The van der Waals surface area contributed by atoms with Crippen LogP contribution in [0.2, 0.25) is 5.02 Å². The number of aromatic nitrogens is 3. The van der Waals surface area contributed by atoms with Gasteiger partial charge in [-0.3, -0.25) is 0 Å². The van der Waals surface area contributed by atoms with Crippen LogP contribution in [0.5, 0.6) is 0 Å². The zero-order valence-corrected chi connectivity index (χ0v) is 13.8. The average Bonchev–Trinajstić information content (AvgIpc) is 2.89. The minimum atomic E-state index is 0.225. The van der Waals surface area contributed by atoms with Gasteiger partial charge in [-0.05, 0) is 37.8 Å². The molecule has 1 N–H and O–H groups in total. The summed E-state index contributed by atoms with van der Waals surface area (Å²) in [5.74, 6) is 1.25. The summed E-state index contributed by atoms with van der Waals surface area (Å²) in [5, 5.41) is 15.7. The van der Waals surface area contributed by atoms with Crippen molar-refractivity contribution in [3.8, 4) is 0 Å². The number of aryl methyl sites for hydroxylation is 1. The Morgan fingerprint density at radius 1 is 1.35 bits per heavy atom. The van der Waals surface area contributed by atoms with Gasteiger partial charge >= 0.3 is 0 Å². The highest BCUT2D eigenvalue weighted by Gasteiger charge is 2.23. The molecule has 1 saturated heterocycles. The summed E-state index contributed by atoms with van der Waals surface area (Å²) in [5.41, 5.74) is 2.49. The van der Waals surface area contributed by atoms with Crippen molar-refractivity contribution < 1.29 is 5.11 Å². The molecule has 0 aliphatic carbocycles. The third-order valence-corrected chi connectivity index (χ3v) is 5.07. The summed E-state index contributed by atoms with van der Waals surface area (Å²) in [6.45, 7) is 3.90. The molecule has 0 amide bonds. The molecule has 4 rings (SSSR count). The first kappa shape index (κ1) is 14.7. The van der Waals surface area contributed by atoms with Gasteiger partial charge in [0.1, 0.15) is 10.8 Å². The van der Waals surface area contributed by atoms with Gasteiger partial charge in [0.15, 0.2) is 5.65 Å². The lowest BCUT2D eigenvalue weighted by Gasteiger charge is -2.33. The van der Waals surface area contributed by atoms with Crippen LogP contribution < -0.4 is 4.90 Å². The second kappa shape index (κ2) is 5.65. The molecule has 1 aliphatic rings. The predicted octanol–water partition coefficient (Wildman–Crippen LogP) is 3.05. The zero-order chi connectivity index (χ0) is 16.0. The van der Waals surface area contributed by atoms with Crippen LogP contribution in [0.1, 0.15) is 18.5 Å². The van der Waals surface area contributed by atoms with E-state index in [2.05, 4.69) is 16.1 Å². The van der Waals surface area contributed by atoms with Gasteiger partial charge in [0, 0.05) is 25.1 Å². The number of hydrogen-bond donors (Lipinski definition) is 1. The first-order valence-electron chi connectivity index (χ1n) is 7.98. The molecule has 1 aromatic carbocycles. The van der Waals surface area contributed by atoms with E-state index in [1.54, 1.807) is 0 Å². The van der Waals surface area contributed by atoms with E-state index in [1.165, 1.54) is 0 Å². The Balaban J connectivity index is 1.95. The Bertz CT molecular complexity index is 876. The van der Waals surface area contributed by atoms with Crippen molar-refractivity contribution in [2.24, 2.45) is 5.92 Å². The van der Waals surface area contributed by atoms with Crippen LogP contribution in [0.25, 0.3) is 16.6 Å². The number of aliphatic hydroxyl groups excluding tert-OH is 1. The maximum absolute atomic E-state index is 9.51. The second-order valence-electron chi connectivity index (χ2n) is 6.22. The van der Waals surface area contributed by atoms with Crippen LogP contribution in [0.3, 0.4) is 0 Å². The van der Waals surface area contributed by atoms with Crippen molar-refractivity contribution in [1.29, 1.82) is 0 Å². The zero-order valence-electron chi connectivity index (χ0n) is 13.0. The van der Waals surface area contributed by atoms with E-state index in [0.717, 1.165) is 48.3 Å². The smallest absolute Gasteiger partial charge is 0.176 e. The number of benzene rings is 1. The number of hydrogen-bond acceptors (Lipinski definition) is 4. The Hall–Kier alpha value is -1.85. The molecule has 0 spiro atoms. The molecular weight excluding hydrogens is 312 g/mol. The van der Waals surface area contributed by atoms with Gasteiger partial charge in [-0.2, -0.15) is 5.10 Å². The largest absolute Gasteiger partial charge is 0.396 e. The molecule has 3 heterocycles. The van der Waals surface area contributed by atoms with Gasteiger partial charge in [-0.15, -0.1) is 0 Å². The van der Waals surface area contributed by atoms with Crippen LogP contribution in [-0.2, 0) is 0 Å². The highest BCUT2D eigenvalue weighted by molar-refractivity contribution is 6.34. The van der Waals surface area contributed by atoms with Crippen molar-refractivity contribution in [2.75, 3.05) is 24.6 Å². The van der Waals surface area contributed by atoms with Gasteiger partial charge < -0.3 is 10.0 Å². The number of aliphatic hydroxyl groups is 1. The standard InChI is InChI=1S/C17H19ClN4O/c1-11-15(18)17-19-16(21-8-4-5-12(9-21)10-23)13-6-2-3-7-14(13)22(17)20-11/h2-3,6-7,12,23H,4-5,8-10H2,1H3/t12-/m0/s1. The van der Waals surface area contributed by atoms with Gasteiger partial charge in [0.05, 0.1) is 11.2 Å². The monoisotopic (exact) mass is 330 g/mol. The van der Waals surface area contributed by atoms with E-state index in [4.69, 9.17) is 16.6 Å². The maximum atomic E-state index is 9.51. The fourth-order valence-corrected chi connectivity index (χ4v) is 3.58. The lowest BCUT2D eigenvalue weighted by molar-refractivity contribution is 0.208. The molecule has 0 saturated carbocycles. The second-order valence-corrected chi connectivity index (χ2v) is 6.60. The predicted molar refractivity (Wildman–Crippen MR) is 92.3 cm³/mol. The summed E-state index contributed by atoms with van der Waals surface area (Å²) < 4.78 is 1.82. The first-order valence-corrected chi connectivity index (χ1v) is 8.36. The quantitative estimate of drug-likeness (QED) is 0.784. The highest BCUT2D eigenvalue weighted by Crippen LogP contribution is 2.32. The molecule has 0 radical (unpaired) electrons. The van der Waals surface area contributed by atoms with Crippen molar-refractivity contribution in [2.45, 2.75) is 19.8 Å². The third kappa shape index (κ3) is 2.35. The topological polar surface area (TPSA) is 53.7 Å². The van der Waals surface area contributed by atoms with Crippen molar-refractivity contribution in [1.82, 2.24) is 14.6 Å². The van der Waals surface area contributed by atoms with E-state index < -0.39 is 0 Å². The SMILES string of the molecule is Cc1nn2c(nc(N3CCC[C@H](CO)C3)c3ccccc32)c1Cl. The van der Waals surface area contributed by atoms with Crippen molar-refractivity contribution in [3.05, 3.63) is 35.0 Å². The Labute approximate surface area is 139 Å². The van der Waals surface area contributed by atoms with Crippen LogP contribution >= 0.6 is 11.6 Å². The Morgan fingerprint density at radius 2 is 2.17 bits per heavy atom. The minimum absolute atomic E-state index is 0.225. The maximum Gasteiger partial charge on any atom is 0.176 e. The molecule has 0 unspecified atom stereocenters. The van der Waals surface area contributed by atoms with Crippen LogP contribution in [-0.4, -0.2) is 39.4 Å². The molecule has 1 atom stereocenters. The summed E-state index contributed by atoms with van der Waals surface area (Å²) in [7, 11) is 0. The van der Waals surface area contributed by atoms with Gasteiger partial charge in [-0.1, -0.05) is 23.7 Å². The highest BCUT2D eigenvalue weighted by atomic mass is 35.5.